The van der Waals surface area contributed by atoms with Crippen molar-refractivity contribution < 1.29 is 0 Å². The van der Waals surface area contributed by atoms with Crippen molar-refractivity contribution in [2.24, 2.45) is 0 Å². The summed E-state index contributed by atoms with van der Waals surface area (Å²) in [5, 5.41) is 3.69. The van der Waals surface area contributed by atoms with Crippen molar-refractivity contribution in [1.29, 1.82) is 0 Å². The Balaban J connectivity index is 1.37. The van der Waals surface area contributed by atoms with Gasteiger partial charge in [-0.3, -0.25) is 4.57 Å². The smallest absolute Gasteiger partial charge is 0.238 e. The van der Waals surface area contributed by atoms with Crippen LogP contribution in [0.3, 0.4) is 0 Å². The maximum atomic E-state index is 5.15. The minimum absolute atomic E-state index is 0.0204. The van der Waals surface area contributed by atoms with Crippen molar-refractivity contribution in [1.82, 2.24) is 24.1 Å². The fourth-order valence-electron chi connectivity index (χ4n) is 7.77. The fraction of sp³-hybridized carbons (Fsp3) is 0.167. The molecule has 0 saturated heterocycles. The van der Waals surface area contributed by atoms with Crippen LogP contribution < -0.4 is 0 Å². The molecule has 0 spiro atoms. The van der Waals surface area contributed by atoms with Crippen LogP contribution in [-0.4, -0.2) is 24.1 Å². The van der Waals surface area contributed by atoms with Crippen LogP contribution in [-0.2, 0) is 10.8 Å². The first kappa shape index (κ1) is 27.7. The molecule has 0 N–H and O–H groups in total. The lowest BCUT2D eigenvalue weighted by molar-refractivity contribution is 0.554. The number of fused-ring (bicyclic) bond motifs is 8. The van der Waals surface area contributed by atoms with Gasteiger partial charge in [0, 0.05) is 38.4 Å². The third kappa shape index (κ3) is 3.99. The molecule has 0 aliphatic carbocycles. The molecule has 3 aromatic heterocycles. The molecular weight excluding hydrogens is 574 g/mol. The Morgan fingerprint density at radius 3 is 1.66 bits per heavy atom. The van der Waals surface area contributed by atoms with Crippen LogP contribution in [0.5, 0.6) is 0 Å². The van der Waals surface area contributed by atoms with Gasteiger partial charge < -0.3 is 4.57 Å². The van der Waals surface area contributed by atoms with Crippen molar-refractivity contribution in [2.75, 3.05) is 0 Å². The second-order valence-electron chi connectivity index (χ2n) is 14.2. The van der Waals surface area contributed by atoms with Crippen molar-refractivity contribution in [2.45, 2.75) is 45.4 Å². The molecule has 47 heavy (non-hydrogen) atoms. The average molecular weight is 610 g/mol. The molecule has 0 fully saturated rings. The molecule has 9 rings (SSSR count). The second-order valence-corrected chi connectivity index (χ2v) is 14.2. The van der Waals surface area contributed by atoms with Gasteiger partial charge >= 0.3 is 0 Å². The molecule has 0 amide bonds. The van der Waals surface area contributed by atoms with Gasteiger partial charge in [0.2, 0.25) is 5.95 Å². The van der Waals surface area contributed by atoms with E-state index in [9.17, 15) is 0 Å². The molecule has 228 valence electrons. The van der Waals surface area contributed by atoms with Gasteiger partial charge in [-0.2, -0.15) is 9.97 Å². The largest absolute Gasteiger partial charge is 0.312 e. The van der Waals surface area contributed by atoms with Gasteiger partial charge in [-0.25, -0.2) is 4.98 Å². The third-order valence-corrected chi connectivity index (χ3v) is 9.81. The van der Waals surface area contributed by atoms with Crippen LogP contribution in [0.2, 0.25) is 0 Å². The van der Waals surface area contributed by atoms with Crippen molar-refractivity contribution in [3.63, 3.8) is 0 Å². The van der Waals surface area contributed by atoms with E-state index in [4.69, 9.17) is 15.0 Å². The first-order chi connectivity index (χ1) is 22.7. The molecule has 0 saturated carbocycles. The minimum Gasteiger partial charge on any atom is -0.312 e. The molecule has 0 bridgehead atoms. The SMILES string of the molecule is CC(C)(C)c1c2n(c3ccccc13)-c1cc3c4ccccc4n(-c4nc(-c5ccccc5)nc(-c5ccccc5)n4)c3cc1C2(C)C. The maximum absolute atomic E-state index is 5.15. The van der Waals surface area contributed by atoms with Gasteiger partial charge in [-0.05, 0) is 40.8 Å². The molecule has 0 atom stereocenters. The van der Waals surface area contributed by atoms with Crippen LogP contribution in [0, 0.1) is 0 Å². The zero-order valence-electron chi connectivity index (χ0n) is 27.3. The van der Waals surface area contributed by atoms with Gasteiger partial charge in [0.1, 0.15) is 0 Å². The van der Waals surface area contributed by atoms with Gasteiger partial charge in [-0.1, -0.05) is 132 Å². The Kier molecular flexibility index (Phi) is 5.74. The summed E-state index contributed by atoms with van der Waals surface area (Å²) in [6.45, 7) is 11.8. The van der Waals surface area contributed by atoms with Crippen molar-refractivity contribution >= 4 is 32.7 Å². The van der Waals surface area contributed by atoms with Crippen LogP contribution in [0.1, 0.15) is 51.4 Å². The minimum atomic E-state index is -0.226. The average Bonchev–Trinajstić information content (AvgIpc) is 3.69. The summed E-state index contributed by atoms with van der Waals surface area (Å²) in [4.78, 5) is 15.3. The molecule has 5 nitrogen and oxygen atoms in total. The van der Waals surface area contributed by atoms with Gasteiger partial charge in [0.15, 0.2) is 11.6 Å². The first-order valence-electron chi connectivity index (χ1n) is 16.3. The van der Waals surface area contributed by atoms with Crippen LogP contribution >= 0.6 is 0 Å². The molecule has 1 aliphatic rings. The third-order valence-electron chi connectivity index (χ3n) is 9.81. The van der Waals surface area contributed by atoms with Crippen LogP contribution in [0.15, 0.2) is 121 Å². The van der Waals surface area contributed by atoms with Crippen molar-refractivity contribution in [3.05, 3.63) is 138 Å². The Labute approximate surface area is 274 Å². The summed E-state index contributed by atoms with van der Waals surface area (Å²) >= 11 is 0. The van der Waals surface area contributed by atoms with Crippen LogP contribution in [0.25, 0.3) is 67.1 Å². The number of nitrogens with zero attached hydrogens (tertiary/aromatic N) is 5. The number of benzene rings is 5. The van der Waals surface area contributed by atoms with E-state index in [-0.39, 0.29) is 10.8 Å². The lowest BCUT2D eigenvalue weighted by atomic mass is 9.75. The molecule has 5 heteroatoms. The zero-order valence-corrected chi connectivity index (χ0v) is 27.3. The molecule has 8 aromatic rings. The molecule has 0 unspecified atom stereocenters. The Morgan fingerprint density at radius 1 is 0.532 bits per heavy atom. The van der Waals surface area contributed by atoms with Crippen molar-refractivity contribution in [3.8, 4) is 34.4 Å². The van der Waals surface area contributed by atoms with E-state index in [1.54, 1.807) is 0 Å². The van der Waals surface area contributed by atoms with E-state index in [2.05, 4.69) is 129 Å². The number of hydrogen-bond acceptors (Lipinski definition) is 3. The van der Waals surface area contributed by atoms with E-state index in [1.165, 1.54) is 44.2 Å². The highest BCUT2D eigenvalue weighted by atomic mass is 15.2. The summed E-state index contributed by atoms with van der Waals surface area (Å²) in [5.74, 6) is 1.92. The summed E-state index contributed by atoms with van der Waals surface area (Å²) in [7, 11) is 0. The highest BCUT2D eigenvalue weighted by molar-refractivity contribution is 6.10. The molecule has 4 heterocycles. The fourth-order valence-corrected chi connectivity index (χ4v) is 7.77. The predicted octanol–water partition coefficient (Wildman–Crippen LogP) is 10.2. The topological polar surface area (TPSA) is 48.5 Å². The summed E-state index contributed by atoms with van der Waals surface area (Å²) in [6.07, 6.45) is 0. The molecule has 0 radical (unpaired) electrons. The predicted molar refractivity (Wildman–Crippen MR) is 193 cm³/mol. The summed E-state index contributed by atoms with van der Waals surface area (Å²) in [5.41, 5.74) is 10.4. The Morgan fingerprint density at radius 2 is 1.06 bits per heavy atom. The highest BCUT2D eigenvalue weighted by Gasteiger charge is 2.43. The highest BCUT2D eigenvalue weighted by Crippen LogP contribution is 2.52. The maximum Gasteiger partial charge on any atom is 0.238 e. The number of rotatable bonds is 3. The molecular formula is C42H35N5. The monoisotopic (exact) mass is 609 g/mol. The number of aromatic nitrogens is 5. The van der Waals surface area contributed by atoms with Gasteiger partial charge in [0.25, 0.3) is 0 Å². The normalized spacial score (nSPS) is 13.8. The Hall–Kier alpha value is -5.55. The quantitative estimate of drug-likeness (QED) is 0.200. The second kappa shape index (κ2) is 9.73. The van der Waals surface area contributed by atoms with Gasteiger partial charge in [0.05, 0.1) is 22.2 Å². The van der Waals surface area contributed by atoms with E-state index < -0.39 is 0 Å². The molecule has 5 aromatic carbocycles. The Bertz CT molecular complexity index is 2450. The standard InChI is InChI=1S/C42H35N5/c1-41(2,3)36-29-21-13-15-23-33(29)46-35-24-30-28-20-12-14-22-32(28)47(34(30)25-31(35)42(4,5)37(36)46)40-44-38(26-16-8-6-9-17-26)43-39(45-40)27-18-10-7-11-19-27/h6-25H,1-5H3. The van der Waals surface area contributed by atoms with E-state index >= 15 is 0 Å². The number of hydrogen-bond donors (Lipinski definition) is 0. The zero-order chi connectivity index (χ0) is 32.1. The summed E-state index contributed by atoms with van der Waals surface area (Å²) in [6, 6.07) is 42.7. The first-order valence-corrected chi connectivity index (χ1v) is 16.3. The van der Waals surface area contributed by atoms with Gasteiger partial charge in [-0.15, -0.1) is 0 Å². The number of para-hydroxylation sites is 2. The summed E-state index contributed by atoms with van der Waals surface area (Å²) < 4.78 is 4.76. The van der Waals surface area contributed by atoms with E-state index in [0.717, 1.165) is 22.2 Å². The van der Waals surface area contributed by atoms with E-state index in [0.29, 0.717) is 17.6 Å². The molecule has 1 aliphatic heterocycles. The lowest BCUT2D eigenvalue weighted by Gasteiger charge is -2.27. The van der Waals surface area contributed by atoms with E-state index in [1.807, 2.05) is 36.4 Å². The lowest BCUT2D eigenvalue weighted by Crippen LogP contribution is -2.23. The van der Waals surface area contributed by atoms with Crippen LogP contribution in [0.4, 0.5) is 0 Å².